The van der Waals surface area contributed by atoms with Crippen LogP contribution in [0.15, 0.2) is 11.7 Å². The van der Waals surface area contributed by atoms with E-state index in [9.17, 15) is 5.11 Å². The van der Waals surface area contributed by atoms with E-state index in [4.69, 9.17) is 0 Å². The molecule has 2 rings (SSSR count). The number of anilines is 1. The van der Waals surface area contributed by atoms with Crippen molar-refractivity contribution in [2.24, 2.45) is 0 Å². The van der Waals surface area contributed by atoms with Crippen molar-refractivity contribution in [3.05, 3.63) is 33.8 Å². The van der Waals surface area contributed by atoms with Gasteiger partial charge in [0, 0.05) is 17.8 Å². The topological polar surface area (TPSA) is 62.1 Å². The van der Waals surface area contributed by atoms with Gasteiger partial charge in [-0.05, 0) is 6.92 Å². The van der Waals surface area contributed by atoms with Crippen molar-refractivity contribution in [3.8, 4) is 0 Å². The molecule has 0 spiro atoms. The highest BCUT2D eigenvalue weighted by molar-refractivity contribution is 7.09. The van der Waals surface area contributed by atoms with Gasteiger partial charge in [-0.2, -0.15) is 0 Å². The molecule has 0 radical (unpaired) electrons. The lowest BCUT2D eigenvalue weighted by atomic mass is 10.2. The van der Waals surface area contributed by atoms with Crippen molar-refractivity contribution < 1.29 is 5.11 Å². The van der Waals surface area contributed by atoms with Crippen LogP contribution in [0.3, 0.4) is 0 Å². The molecule has 0 amide bonds. The summed E-state index contributed by atoms with van der Waals surface area (Å²) in [7, 11) is 1.98. The summed E-state index contributed by atoms with van der Waals surface area (Å²) in [5.74, 6) is 1.02. The molecule has 2 aromatic rings. The first-order valence-electron chi connectivity index (χ1n) is 6.59. The Balaban J connectivity index is 2.25. The molecule has 0 aromatic carbocycles. The van der Waals surface area contributed by atoms with E-state index < -0.39 is 0 Å². The van der Waals surface area contributed by atoms with Gasteiger partial charge in [0.1, 0.15) is 5.82 Å². The molecular weight excluding hydrogens is 272 g/mol. The summed E-state index contributed by atoms with van der Waals surface area (Å²) in [4.78, 5) is 16.4. The fourth-order valence-electron chi connectivity index (χ4n) is 1.92. The van der Waals surface area contributed by atoms with Gasteiger partial charge in [-0.3, -0.25) is 0 Å². The number of hydrogen-bond donors (Lipinski definition) is 1. The van der Waals surface area contributed by atoms with Crippen molar-refractivity contribution in [1.82, 2.24) is 15.0 Å². The van der Waals surface area contributed by atoms with Crippen LogP contribution in [-0.4, -0.2) is 27.1 Å². The van der Waals surface area contributed by atoms with Crippen molar-refractivity contribution in [2.75, 3.05) is 11.9 Å². The summed E-state index contributed by atoms with van der Waals surface area (Å²) in [6.45, 7) is 6.75. The lowest BCUT2D eigenvalue weighted by molar-refractivity contribution is 0.276. The average molecular weight is 292 g/mol. The van der Waals surface area contributed by atoms with E-state index >= 15 is 0 Å². The summed E-state index contributed by atoms with van der Waals surface area (Å²) in [5.41, 5.74) is 4.44. The molecule has 0 saturated heterocycles. The molecule has 0 aliphatic carbocycles. The van der Waals surface area contributed by atoms with E-state index in [0.29, 0.717) is 5.69 Å². The van der Waals surface area contributed by atoms with Gasteiger partial charge in [0.2, 0.25) is 0 Å². The lowest BCUT2D eigenvalue weighted by Gasteiger charge is -2.21. The van der Waals surface area contributed by atoms with Gasteiger partial charge in [0.15, 0.2) is 0 Å². The van der Waals surface area contributed by atoms with Crippen molar-refractivity contribution >= 4 is 17.0 Å². The molecule has 0 saturated carbocycles. The molecular formula is C14H20N4OS. The summed E-state index contributed by atoms with van der Waals surface area (Å²) >= 11 is 1.64. The molecule has 1 N–H and O–H groups in total. The standard InChI is InChI=1S/C14H20N4OS/c1-9(2)14-15-5-12(11(7-19)17-14)18(4)6-13-10(3)16-8-20-13/h5,8-9,19H,6-7H2,1-4H3. The summed E-state index contributed by atoms with van der Waals surface area (Å²) < 4.78 is 0. The number of rotatable bonds is 5. The number of thiazole rings is 1. The van der Waals surface area contributed by atoms with Gasteiger partial charge in [0.25, 0.3) is 0 Å². The first kappa shape index (κ1) is 14.9. The minimum absolute atomic E-state index is 0.0798. The fourth-order valence-corrected chi connectivity index (χ4v) is 2.75. The number of aryl methyl sites for hydroxylation is 1. The second kappa shape index (κ2) is 6.28. The highest BCUT2D eigenvalue weighted by Crippen LogP contribution is 2.23. The Morgan fingerprint density at radius 1 is 1.35 bits per heavy atom. The maximum atomic E-state index is 9.53. The molecule has 0 atom stereocenters. The number of aliphatic hydroxyl groups excluding tert-OH is 1. The Morgan fingerprint density at radius 2 is 2.10 bits per heavy atom. The van der Waals surface area contributed by atoms with E-state index in [0.717, 1.165) is 23.8 Å². The zero-order chi connectivity index (χ0) is 14.7. The van der Waals surface area contributed by atoms with E-state index in [1.54, 1.807) is 17.5 Å². The number of nitrogens with zero attached hydrogens (tertiary/aromatic N) is 4. The summed E-state index contributed by atoms with van der Waals surface area (Å²) in [6, 6.07) is 0. The van der Waals surface area contributed by atoms with Gasteiger partial charge in [-0.15, -0.1) is 11.3 Å². The third-order valence-electron chi connectivity index (χ3n) is 3.17. The second-order valence-electron chi connectivity index (χ2n) is 5.09. The average Bonchev–Trinajstić information content (AvgIpc) is 2.83. The number of aliphatic hydroxyl groups is 1. The van der Waals surface area contributed by atoms with E-state index in [-0.39, 0.29) is 12.5 Å². The lowest BCUT2D eigenvalue weighted by Crippen LogP contribution is -2.19. The van der Waals surface area contributed by atoms with E-state index in [1.165, 1.54) is 4.88 Å². The first-order chi connectivity index (χ1) is 9.52. The third kappa shape index (κ3) is 3.13. The van der Waals surface area contributed by atoms with Crippen LogP contribution in [0.4, 0.5) is 5.69 Å². The number of aromatic nitrogens is 3. The minimum Gasteiger partial charge on any atom is -0.390 e. The molecule has 20 heavy (non-hydrogen) atoms. The van der Waals surface area contributed by atoms with Gasteiger partial charge in [-0.25, -0.2) is 15.0 Å². The van der Waals surface area contributed by atoms with Crippen LogP contribution in [-0.2, 0) is 13.2 Å². The van der Waals surface area contributed by atoms with Crippen LogP contribution < -0.4 is 4.90 Å². The smallest absolute Gasteiger partial charge is 0.131 e. The molecule has 5 nitrogen and oxygen atoms in total. The molecule has 0 aliphatic heterocycles. The molecule has 108 valence electrons. The van der Waals surface area contributed by atoms with Crippen LogP contribution >= 0.6 is 11.3 Å². The molecule has 6 heteroatoms. The Bertz CT molecular complexity index is 582. The SMILES string of the molecule is Cc1ncsc1CN(C)c1cnc(C(C)C)nc1CO. The van der Waals surface area contributed by atoms with Gasteiger partial charge < -0.3 is 10.0 Å². The zero-order valence-electron chi connectivity index (χ0n) is 12.3. The molecule has 2 aromatic heterocycles. The Labute approximate surface area is 123 Å². The highest BCUT2D eigenvalue weighted by atomic mass is 32.1. The predicted molar refractivity (Wildman–Crippen MR) is 81.0 cm³/mol. The normalized spacial score (nSPS) is 11.1. The van der Waals surface area contributed by atoms with Gasteiger partial charge in [-0.1, -0.05) is 13.8 Å². The molecule has 0 unspecified atom stereocenters. The molecule has 0 aliphatic rings. The Kier molecular flexibility index (Phi) is 4.67. The van der Waals surface area contributed by atoms with Gasteiger partial charge in [0.05, 0.1) is 41.9 Å². The maximum Gasteiger partial charge on any atom is 0.131 e. The van der Waals surface area contributed by atoms with Crippen LogP contribution in [0.5, 0.6) is 0 Å². The maximum absolute atomic E-state index is 9.53. The number of hydrogen-bond acceptors (Lipinski definition) is 6. The summed E-state index contributed by atoms with van der Waals surface area (Å²) in [6.07, 6.45) is 1.80. The Hall–Kier alpha value is -1.53. The van der Waals surface area contributed by atoms with Gasteiger partial charge >= 0.3 is 0 Å². The van der Waals surface area contributed by atoms with E-state index in [2.05, 4.69) is 19.9 Å². The van der Waals surface area contributed by atoms with E-state index in [1.807, 2.05) is 33.3 Å². The van der Waals surface area contributed by atoms with Crippen LogP contribution in [0, 0.1) is 6.92 Å². The quantitative estimate of drug-likeness (QED) is 0.917. The minimum atomic E-state index is -0.0798. The first-order valence-corrected chi connectivity index (χ1v) is 7.47. The van der Waals surface area contributed by atoms with Crippen molar-refractivity contribution in [1.29, 1.82) is 0 Å². The largest absolute Gasteiger partial charge is 0.390 e. The van der Waals surface area contributed by atoms with Crippen LogP contribution in [0.1, 0.15) is 41.9 Å². The molecule has 2 heterocycles. The summed E-state index contributed by atoms with van der Waals surface area (Å²) in [5, 5.41) is 9.53. The van der Waals surface area contributed by atoms with Crippen LogP contribution in [0.2, 0.25) is 0 Å². The third-order valence-corrected chi connectivity index (χ3v) is 4.09. The highest BCUT2D eigenvalue weighted by Gasteiger charge is 2.14. The zero-order valence-corrected chi connectivity index (χ0v) is 13.1. The van der Waals surface area contributed by atoms with Crippen molar-refractivity contribution in [2.45, 2.75) is 39.8 Å². The fraction of sp³-hybridized carbons (Fsp3) is 0.500. The predicted octanol–water partition coefficient (Wildman–Crippen LogP) is 2.49. The second-order valence-corrected chi connectivity index (χ2v) is 6.03. The molecule has 0 fully saturated rings. The van der Waals surface area contributed by atoms with Crippen LogP contribution in [0.25, 0.3) is 0 Å². The Morgan fingerprint density at radius 3 is 2.65 bits per heavy atom. The monoisotopic (exact) mass is 292 g/mol. The molecule has 0 bridgehead atoms. The van der Waals surface area contributed by atoms with Crippen molar-refractivity contribution in [3.63, 3.8) is 0 Å².